The number of ether oxygens (including phenoxy) is 1. The minimum atomic E-state index is 0.148. The van der Waals surface area contributed by atoms with Gasteiger partial charge in [0.25, 0.3) is 0 Å². The van der Waals surface area contributed by atoms with Crippen LogP contribution < -0.4 is 15.4 Å². The lowest BCUT2D eigenvalue weighted by Crippen LogP contribution is -2.35. The Bertz CT molecular complexity index is 455. The van der Waals surface area contributed by atoms with Gasteiger partial charge in [-0.15, -0.1) is 0 Å². The molecular weight excluding hydrogens is 240 g/mol. The average molecular weight is 260 g/mol. The highest BCUT2D eigenvalue weighted by Gasteiger charge is 2.25. The number of fused-ring (bicyclic) bond motifs is 1. The van der Waals surface area contributed by atoms with E-state index in [-0.39, 0.29) is 11.8 Å². The molecule has 1 aromatic rings. The second-order valence-corrected chi connectivity index (χ2v) is 5.31. The van der Waals surface area contributed by atoms with E-state index in [9.17, 15) is 4.79 Å². The van der Waals surface area contributed by atoms with E-state index >= 15 is 0 Å². The van der Waals surface area contributed by atoms with Crippen molar-refractivity contribution in [3.63, 3.8) is 0 Å². The molecule has 4 nitrogen and oxygen atoms in total. The molecule has 2 aliphatic heterocycles. The van der Waals surface area contributed by atoms with Crippen molar-refractivity contribution in [2.24, 2.45) is 5.92 Å². The topological polar surface area (TPSA) is 50.4 Å². The maximum atomic E-state index is 12.0. The number of carbonyl (C=O) groups excluding carboxylic acids is 1. The summed E-state index contributed by atoms with van der Waals surface area (Å²) in [5, 5.41) is 6.33. The van der Waals surface area contributed by atoms with Gasteiger partial charge in [0.2, 0.25) is 5.91 Å². The number of para-hydroxylation sites is 1. The first kappa shape index (κ1) is 12.5. The summed E-state index contributed by atoms with van der Waals surface area (Å²) >= 11 is 0. The Labute approximate surface area is 113 Å². The normalized spacial score (nSPS) is 25.5. The number of benzene rings is 1. The maximum absolute atomic E-state index is 12.0. The number of hydrogen-bond acceptors (Lipinski definition) is 3. The minimum absolute atomic E-state index is 0.148. The maximum Gasteiger partial charge on any atom is 0.224 e. The fraction of sp³-hybridized carbons (Fsp3) is 0.533. The van der Waals surface area contributed by atoms with Crippen molar-refractivity contribution in [3.05, 3.63) is 29.8 Å². The molecule has 1 fully saturated rings. The van der Waals surface area contributed by atoms with Crippen molar-refractivity contribution in [2.45, 2.75) is 18.8 Å². The second-order valence-electron chi connectivity index (χ2n) is 5.31. The molecule has 3 rings (SSSR count). The van der Waals surface area contributed by atoms with Gasteiger partial charge in [0.05, 0.1) is 12.5 Å². The lowest BCUT2D eigenvalue weighted by molar-refractivity contribution is -0.124. The highest BCUT2D eigenvalue weighted by atomic mass is 16.5. The van der Waals surface area contributed by atoms with Crippen molar-refractivity contribution >= 4 is 5.91 Å². The molecule has 2 atom stereocenters. The fourth-order valence-corrected chi connectivity index (χ4v) is 2.87. The predicted octanol–water partition coefficient (Wildman–Crippen LogP) is 1.28. The molecule has 0 radical (unpaired) electrons. The third-order valence-corrected chi connectivity index (χ3v) is 4.04. The van der Waals surface area contributed by atoms with Gasteiger partial charge in [0.1, 0.15) is 5.75 Å². The third kappa shape index (κ3) is 2.73. The minimum Gasteiger partial charge on any atom is -0.493 e. The van der Waals surface area contributed by atoms with Gasteiger partial charge in [-0.2, -0.15) is 0 Å². The van der Waals surface area contributed by atoms with E-state index in [4.69, 9.17) is 4.74 Å². The first-order valence-corrected chi connectivity index (χ1v) is 7.05. The highest BCUT2D eigenvalue weighted by Crippen LogP contribution is 2.32. The smallest absolute Gasteiger partial charge is 0.224 e. The van der Waals surface area contributed by atoms with E-state index in [1.54, 1.807) is 0 Å². The van der Waals surface area contributed by atoms with E-state index < -0.39 is 0 Å². The number of nitrogens with one attached hydrogen (secondary N) is 2. The molecule has 2 aliphatic rings. The van der Waals surface area contributed by atoms with E-state index in [0.717, 1.165) is 44.8 Å². The Kier molecular flexibility index (Phi) is 3.69. The van der Waals surface area contributed by atoms with E-state index in [0.29, 0.717) is 5.92 Å². The molecule has 1 saturated heterocycles. The molecule has 1 amide bonds. The number of carbonyl (C=O) groups is 1. The molecule has 102 valence electrons. The molecule has 0 spiro atoms. The first-order valence-electron chi connectivity index (χ1n) is 7.05. The summed E-state index contributed by atoms with van der Waals surface area (Å²) in [4.78, 5) is 12.0. The number of rotatable bonds is 3. The third-order valence-electron chi connectivity index (χ3n) is 4.04. The lowest BCUT2D eigenvalue weighted by Gasteiger charge is -2.26. The van der Waals surface area contributed by atoms with E-state index in [2.05, 4.69) is 16.7 Å². The van der Waals surface area contributed by atoms with Gasteiger partial charge in [-0.1, -0.05) is 18.2 Å². The summed E-state index contributed by atoms with van der Waals surface area (Å²) < 4.78 is 5.64. The largest absolute Gasteiger partial charge is 0.493 e. The standard InChI is InChI=1S/C15H20N2O2/c18-15(12-5-7-16-9-12)17-10-11-6-8-19-14-4-2-1-3-13(11)14/h1-4,11-12,16H,5-10H2,(H,17,18). The van der Waals surface area contributed by atoms with Crippen molar-refractivity contribution < 1.29 is 9.53 Å². The number of amides is 1. The monoisotopic (exact) mass is 260 g/mol. The summed E-state index contributed by atoms with van der Waals surface area (Å²) in [5.41, 5.74) is 1.22. The van der Waals surface area contributed by atoms with Crippen LogP contribution in [0.3, 0.4) is 0 Å². The zero-order valence-corrected chi connectivity index (χ0v) is 11.0. The summed E-state index contributed by atoms with van der Waals surface area (Å²) in [6, 6.07) is 8.12. The van der Waals surface area contributed by atoms with Crippen molar-refractivity contribution in [1.29, 1.82) is 0 Å². The molecule has 19 heavy (non-hydrogen) atoms. The molecule has 2 N–H and O–H groups in total. The zero-order chi connectivity index (χ0) is 13.1. The van der Waals surface area contributed by atoms with Crippen LogP contribution in [0.5, 0.6) is 5.75 Å². The Hall–Kier alpha value is -1.55. The SMILES string of the molecule is O=C(NCC1CCOc2ccccc21)C1CCNC1. The van der Waals surface area contributed by atoms with Crippen molar-refractivity contribution in [2.75, 3.05) is 26.2 Å². The Morgan fingerprint density at radius 2 is 2.26 bits per heavy atom. The molecule has 0 bridgehead atoms. The molecule has 2 unspecified atom stereocenters. The van der Waals surface area contributed by atoms with Gasteiger partial charge in [-0.05, 0) is 31.0 Å². The van der Waals surface area contributed by atoms with Crippen LogP contribution in [0.1, 0.15) is 24.3 Å². The molecule has 4 heteroatoms. The van der Waals surface area contributed by atoms with Crippen LogP contribution in [0.2, 0.25) is 0 Å². The van der Waals surface area contributed by atoms with Gasteiger partial charge >= 0.3 is 0 Å². The molecule has 0 saturated carbocycles. The second kappa shape index (κ2) is 5.61. The highest BCUT2D eigenvalue weighted by molar-refractivity contribution is 5.79. The molecule has 0 aliphatic carbocycles. The Balaban J connectivity index is 1.60. The lowest BCUT2D eigenvalue weighted by atomic mass is 9.93. The van der Waals surface area contributed by atoms with Gasteiger partial charge in [-0.3, -0.25) is 4.79 Å². The summed E-state index contributed by atoms with van der Waals surface area (Å²) in [6.07, 6.45) is 1.93. The zero-order valence-electron chi connectivity index (χ0n) is 11.0. The predicted molar refractivity (Wildman–Crippen MR) is 73.3 cm³/mol. The number of hydrogen-bond donors (Lipinski definition) is 2. The van der Waals surface area contributed by atoms with Crippen LogP contribution >= 0.6 is 0 Å². The first-order chi connectivity index (χ1) is 9.34. The molecule has 2 heterocycles. The fourth-order valence-electron chi connectivity index (χ4n) is 2.87. The Morgan fingerprint density at radius 3 is 3.11 bits per heavy atom. The Morgan fingerprint density at radius 1 is 1.37 bits per heavy atom. The molecular formula is C15H20N2O2. The quantitative estimate of drug-likeness (QED) is 0.860. The van der Waals surface area contributed by atoms with Gasteiger partial charge in [0, 0.05) is 19.0 Å². The van der Waals surface area contributed by atoms with Gasteiger partial charge < -0.3 is 15.4 Å². The van der Waals surface area contributed by atoms with Crippen LogP contribution in [-0.2, 0) is 4.79 Å². The van der Waals surface area contributed by atoms with E-state index in [1.165, 1.54) is 5.56 Å². The summed E-state index contributed by atoms with van der Waals surface area (Å²) in [7, 11) is 0. The van der Waals surface area contributed by atoms with Gasteiger partial charge in [-0.25, -0.2) is 0 Å². The average Bonchev–Trinajstić information content (AvgIpc) is 2.99. The molecule has 0 aromatic heterocycles. The van der Waals surface area contributed by atoms with Crippen molar-refractivity contribution in [1.82, 2.24) is 10.6 Å². The van der Waals surface area contributed by atoms with Crippen LogP contribution in [0.15, 0.2) is 24.3 Å². The molecule has 1 aromatic carbocycles. The van der Waals surface area contributed by atoms with Crippen LogP contribution in [0.25, 0.3) is 0 Å². The van der Waals surface area contributed by atoms with Crippen molar-refractivity contribution in [3.8, 4) is 5.75 Å². The van der Waals surface area contributed by atoms with Crippen LogP contribution in [0, 0.1) is 5.92 Å². The summed E-state index contributed by atoms with van der Waals surface area (Å²) in [6.45, 7) is 3.23. The van der Waals surface area contributed by atoms with Gasteiger partial charge in [0.15, 0.2) is 0 Å². The summed E-state index contributed by atoms with van der Waals surface area (Å²) in [5.74, 6) is 1.68. The van der Waals surface area contributed by atoms with E-state index in [1.807, 2.05) is 18.2 Å². The van der Waals surface area contributed by atoms with Crippen LogP contribution in [-0.4, -0.2) is 32.1 Å². The van der Waals surface area contributed by atoms with Crippen LogP contribution in [0.4, 0.5) is 0 Å².